The summed E-state index contributed by atoms with van der Waals surface area (Å²) in [5, 5.41) is 12.9. The maximum absolute atomic E-state index is 9.74. The van der Waals surface area contributed by atoms with Crippen LogP contribution in [-0.4, -0.2) is 22.2 Å². The van der Waals surface area contributed by atoms with E-state index in [1.54, 1.807) is 25.7 Å². The van der Waals surface area contributed by atoms with E-state index < -0.39 is 0 Å². The Labute approximate surface area is 99.5 Å². The lowest BCUT2D eigenvalue weighted by Gasteiger charge is -2.07. The molecule has 1 heterocycles. The summed E-state index contributed by atoms with van der Waals surface area (Å²) in [5.41, 5.74) is 1.85. The monoisotopic (exact) mass is 233 g/mol. The van der Waals surface area contributed by atoms with Crippen LogP contribution in [0.15, 0.2) is 30.7 Å². The second kappa shape index (κ2) is 5.36. The molecule has 0 aliphatic heterocycles. The Bertz CT molecular complexity index is 469. The van der Waals surface area contributed by atoms with Crippen molar-refractivity contribution in [2.24, 2.45) is 0 Å². The normalized spacial score (nSPS) is 10.4. The molecule has 0 saturated carbocycles. The van der Waals surface area contributed by atoms with E-state index in [9.17, 15) is 5.11 Å². The molecule has 0 saturated heterocycles. The van der Waals surface area contributed by atoms with Crippen LogP contribution in [0, 0.1) is 0 Å². The van der Waals surface area contributed by atoms with Crippen LogP contribution in [0.5, 0.6) is 11.5 Å². The molecule has 0 fully saturated rings. The maximum atomic E-state index is 9.74. The fourth-order valence-corrected chi connectivity index (χ4v) is 1.53. The molecular formula is C12H15N3O2. The van der Waals surface area contributed by atoms with Gasteiger partial charge in [-0.1, -0.05) is 6.07 Å². The molecular weight excluding hydrogens is 218 g/mol. The van der Waals surface area contributed by atoms with E-state index in [1.165, 1.54) is 0 Å². The molecule has 0 unspecified atom stereocenters. The molecule has 0 bridgehead atoms. The van der Waals surface area contributed by atoms with E-state index in [1.807, 2.05) is 12.1 Å². The van der Waals surface area contributed by atoms with Crippen molar-refractivity contribution in [3.63, 3.8) is 0 Å². The number of hydrogen-bond acceptors (Lipinski definition) is 4. The zero-order valence-corrected chi connectivity index (χ0v) is 9.60. The smallest absolute Gasteiger partial charge is 0.123 e. The van der Waals surface area contributed by atoms with Gasteiger partial charge in [-0.3, -0.25) is 0 Å². The summed E-state index contributed by atoms with van der Waals surface area (Å²) in [6.07, 6.45) is 3.41. The third kappa shape index (κ3) is 2.98. The number of imidazole rings is 1. The van der Waals surface area contributed by atoms with Crippen molar-refractivity contribution in [2.75, 3.05) is 7.11 Å². The highest BCUT2D eigenvalue weighted by Gasteiger charge is 2.02. The summed E-state index contributed by atoms with van der Waals surface area (Å²) in [7, 11) is 1.57. The Hall–Kier alpha value is -2.01. The SMILES string of the molecule is COc1ccc(CNCc2cnc[nH]2)c(O)c1. The number of phenols is 1. The standard InChI is InChI=1S/C12H15N3O2/c1-17-11-3-2-9(12(16)4-11)5-13-6-10-7-14-8-15-10/h2-4,7-8,13,16H,5-6H2,1H3,(H,14,15). The summed E-state index contributed by atoms with van der Waals surface area (Å²) in [6, 6.07) is 5.27. The molecule has 1 aromatic heterocycles. The van der Waals surface area contributed by atoms with Crippen LogP contribution in [0.25, 0.3) is 0 Å². The predicted octanol–water partition coefficient (Wildman–Crippen LogP) is 1.41. The number of nitrogens with one attached hydrogen (secondary N) is 2. The maximum Gasteiger partial charge on any atom is 0.123 e. The Morgan fingerprint density at radius 3 is 2.94 bits per heavy atom. The Morgan fingerprint density at radius 2 is 2.29 bits per heavy atom. The van der Waals surface area contributed by atoms with Crippen LogP contribution in [-0.2, 0) is 13.1 Å². The lowest BCUT2D eigenvalue weighted by Crippen LogP contribution is -2.12. The summed E-state index contributed by atoms with van der Waals surface area (Å²) in [6.45, 7) is 1.28. The average molecular weight is 233 g/mol. The van der Waals surface area contributed by atoms with Crippen LogP contribution >= 0.6 is 0 Å². The van der Waals surface area contributed by atoms with Crippen LogP contribution in [0.2, 0.25) is 0 Å². The third-order valence-corrected chi connectivity index (χ3v) is 2.48. The Balaban J connectivity index is 1.90. The van der Waals surface area contributed by atoms with Gasteiger partial charge in [-0.25, -0.2) is 4.98 Å². The minimum absolute atomic E-state index is 0.237. The van der Waals surface area contributed by atoms with Gasteiger partial charge < -0.3 is 20.1 Å². The summed E-state index contributed by atoms with van der Waals surface area (Å²) >= 11 is 0. The van der Waals surface area contributed by atoms with Gasteiger partial charge >= 0.3 is 0 Å². The fraction of sp³-hybridized carbons (Fsp3) is 0.250. The van der Waals surface area contributed by atoms with Crippen molar-refractivity contribution in [2.45, 2.75) is 13.1 Å². The number of phenolic OH excluding ortho intramolecular Hbond substituents is 1. The minimum atomic E-state index is 0.237. The van der Waals surface area contributed by atoms with E-state index >= 15 is 0 Å². The molecule has 0 spiro atoms. The number of ether oxygens (including phenoxy) is 1. The molecule has 5 heteroatoms. The van der Waals surface area contributed by atoms with Crippen LogP contribution in [0.3, 0.4) is 0 Å². The largest absolute Gasteiger partial charge is 0.507 e. The number of methoxy groups -OCH3 is 1. The highest BCUT2D eigenvalue weighted by Crippen LogP contribution is 2.23. The second-order valence-electron chi connectivity index (χ2n) is 3.68. The lowest BCUT2D eigenvalue weighted by molar-refractivity contribution is 0.406. The van der Waals surface area contributed by atoms with E-state index in [-0.39, 0.29) is 5.75 Å². The molecule has 2 aromatic rings. The number of aromatic hydroxyl groups is 1. The first-order valence-electron chi connectivity index (χ1n) is 5.33. The van der Waals surface area contributed by atoms with Gasteiger partial charge in [-0.15, -0.1) is 0 Å². The molecule has 2 rings (SSSR count). The zero-order chi connectivity index (χ0) is 12.1. The predicted molar refractivity (Wildman–Crippen MR) is 63.8 cm³/mol. The Kier molecular flexibility index (Phi) is 3.62. The first-order valence-corrected chi connectivity index (χ1v) is 5.33. The number of benzene rings is 1. The van der Waals surface area contributed by atoms with Gasteiger partial charge in [0.05, 0.1) is 13.4 Å². The van der Waals surface area contributed by atoms with Gasteiger partial charge in [0.15, 0.2) is 0 Å². The molecule has 0 amide bonds. The molecule has 3 N–H and O–H groups in total. The van der Waals surface area contributed by atoms with Gasteiger partial charge in [0.1, 0.15) is 11.5 Å². The van der Waals surface area contributed by atoms with E-state index in [4.69, 9.17) is 4.74 Å². The molecule has 0 aliphatic rings. The van der Waals surface area contributed by atoms with Gasteiger partial charge in [-0.2, -0.15) is 0 Å². The molecule has 1 aromatic carbocycles. The first kappa shape index (κ1) is 11.5. The zero-order valence-electron chi connectivity index (χ0n) is 9.60. The third-order valence-electron chi connectivity index (χ3n) is 2.48. The van der Waals surface area contributed by atoms with Crippen molar-refractivity contribution in [3.05, 3.63) is 42.0 Å². The van der Waals surface area contributed by atoms with E-state index in [0.717, 1.165) is 11.3 Å². The summed E-state index contributed by atoms with van der Waals surface area (Å²) < 4.78 is 5.02. The van der Waals surface area contributed by atoms with Crippen molar-refractivity contribution in [1.82, 2.24) is 15.3 Å². The molecule has 0 aliphatic carbocycles. The highest BCUT2D eigenvalue weighted by molar-refractivity contribution is 5.39. The van der Waals surface area contributed by atoms with Crippen molar-refractivity contribution in [3.8, 4) is 11.5 Å². The van der Waals surface area contributed by atoms with Crippen molar-refractivity contribution >= 4 is 0 Å². The minimum Gasteiger partial charge on any atom is -0.507 e. The number of rotatable bonds is 5. The Morgan fingerprint density at radius 1 is 1.41 bits per heavy atom. The summed E-state index contributed by atoms with van der Waals surface area (Å²) in [4.78, 5) is 6.93. The number of hydrogen-bond donors (Lipinski definition) is 3. The first-order chi connectivity index (χ1) is 8.29. The number of aromatic nitrogens is 2. The summed E-state index contributed by atoms with van der Waals surface area (Å²) in [5.74, 6) is 0.890. The number of nitrogens with zero attached hydrogens (tertiary/aromatic N) is 1. The van der Waals surface area contributed by atoms with E-state index in [2.05, 4.69) is 15.3 Å². The fourth-order valence-electron chi connectivity index (χ4n) is 1.53. The second-order valence-corrected chi connectivity index (χ2v) is 3.68. The van der Waals surface area contributed by atoms with Crippen LogP contribution < -0.4 is 10.1 Å². The quantitative estimate of drug-likeness (QED) is 0.730. The highest BCUT2D eigenvalue weighted by atomic mass is 16.5. The lowest BCUT2D eigenvalue weighted by atomic mass is 10.2. The van der Waals surface area contributed by atoms with E-state index in [0.29, 0.717) is 18.8 Å². The van der Waals surface area contributed by atoms with Crippen LogP contribution in [0.4, 0.5) is 0 Å². The molecule has 0 atom stereocenters. The average Bonchev–Trinajstić information content (AvgIpc) is 2.84. The van der Waals surface area contributed by atoms with Crippen molar-refractivity contribution < 1.29 is 9.84 Å². The van der Waals surface area contributed by atoms with Crippen LogP contribution in [0.1, 0.15) is 11.3 Å². The van der Waals surface area contributed by atoms with Gasteiger partial charge in [0, 0.05) is 36.6 Å². The topological polar surface area (TPSA) is 70.2 Å². The number of H-pyrrole nitrogens is 1. The molecule has 0 radical (unpaired) electrons. The van der Waals surface area contributed by atoms with Crippen molar-refractivity contribution in [1.29, 1.82) is 0 Å². The molecule has 17 heavy (non-hydrogen) atoms. The van der Waals surface area contributed by atoms with Gasteiger partial charge in [0.2, 0.25) is 0 Å². The molecule has 90 valence electrons. The van der Waals surface area contributed by atoms with Gasteiger partial charge in [-0.05, 0) is 6.07 Å². The molecule has 5 nitrogen and oxygen atoms in total. The van der Waals surface area contributed by atoms with Gasteiger partial charge in [0.25, 0.3) is 0 Å². The number of aromatic amines is 1.